The highest BCUT2D eigenvalue weighted by molar-refractivity contribution is 6.07. The number of benzene rings is 2. The number of hydrogen-bond acceptors (Lipinski definition) is 4. The quantitative estimate of drug-likeness (QED) is 0.671. The predicted octanol–water partition coefficient (Wildman–Crippen LogP) is 4.10. The third kappa shape index (κ3) is 3.62. The lowest BCUT2D eigenvalue weighted by atomic mass is 10.1. The van der Waals surface area contributed by atoms with Crippen LogP contribution in [0.5, 0.6) is 5.75 Å². The van der Waals surface area contributed by atoms with Crippen molar-refractivity contribution in [3.05, 3.63) is 65.4 Å². The lowest BCUT2D eigenvalue weighted by Gasteiger charge is -2.20. The molecule has 1 aliphatic rings. The first-order valence-electron chi connectivity index (χ1n) is 9.68. The number of likely N-dealkylation sites (tertiary alicyclic amines) is 1. The zero-order valence-electron chi connectivity index (χ0n) is 16.6. The van der Waals surface area contributed by atoms with Crippen LogP contribution in [0.4, 0.5) is 0 Å². The highest BCUT2D eigenvalue weighted by atomic mass is 16.5. The molecule has 0 radical (unpaired) electrons. The monoisotopic (exact) mass is 378 g/mol. The molecule has 1 atom stereocenters. The van der Waals surface area contributed by atoms with Crippen LogP contribution in [0.15, 0.2) is 52.9 Å². The minimum Gasteiger partial charge on any atom is -0.489 e. The summed E-state index contributed by atoms with van der Waals surface area (Å²) in [4.78, 5) is 17.3. The Morgan fingerprint density at radius 2 is 2.00 bits per heavy atom. The molecule has 1 saturated heterocycles. The van der Waals surface area contributed by atoms with Crippen LogP contribution in [-0.2, 0) is 6.61 Å². The first-order chi connectivity index (χ1) is 13.5. The maximum atomic E-state index is 13.2. The number of likely N-dealkylation sites (N-methyl/N-ethyl adjacent to an activating group) is 1. The average molecular weight is 378 g/mol. The van der Waals surface area contributed by atoms with Gasteiger partial charge in [0.05, 0.1) is 5.56 Å². The van der Waals surface area contributed by atoms with Crippen LogP contribution < -0.4 is 4.74 Å². The van der Waals surface area contributed by atoms with Crippen LogP contribution in [0.25, 0.3) is 11.0 Å². The van der Waals surface area contributed by atoms with Gasteiger partial charge in [-0.25, -0.2) is 0 Å². The lowest BCUT2D eigenvalue weighted by molar-refractivity contribution is 0.0783. The van der Waals surface area contributed by atoms with E-state index in [0.29, 0.717) is 24.0 Å². The minimum absolute atomic E-state index is 0.0424. The molecule has 1 aliphatic heterocycles. The van der Waals surface area contributed by atoms with E-state index in [1.165, 1.54) is 0 Å². The van der Waals surface area contributed by atoms with Crippen LogP contribution in [0.2, 0.25) is 0 Å². The Balaban J connectivity index is 1.58. The molecule has 0 saturated carbocycles. The van der Waals surface area contributed by atoms with Crippen molar-refractivity contribution < 1.29 is 13.9 Å². The second kappa shape index (κ2) is 7.68. The van der Waals surface area contributed by atoms with Crippen molar-refractivity contribution in [2.24, 2.45) is 0 Å². The first kappa shape index (κ1) is 18.6. The van der Waals surface area contributed by atoms with E-state index in [-0.39, 0.29) is 5.91 Å². The molecule has 0 aliphatic carbocycles. The Morgan fingerprint density at radius 3 is 2.71 bits per heavy atom. The van der Waals surface area contributed by atoms with Gasteiger partial charge in [-0.2, -0.15) is 0 Å². The predicted molar refractivity (Wildman–Crippen MR) is 110 cm³/mol. The second-order valence-corrected chi connectivity index (χ2v) is 7.62. The van der Waals surface area contributed by atoms with Gasteiger partial charge in [-0.05, 0) is 51.2 Å². The van der Waals surface area contributed by atoms with Gasteiger partial charge >= 0.3 is 0 Å². The van der Waals surface area contributed by atoms with Gasteiger partial charge in [0.2, 0.25) is 0 Å². The van der Waals surface area contributed by atoms with Gasteiger partial charge in [-0.1, -0.05) is 30.3 Å². The van der Waals surface area contributed by atoms with Gasteiger partial charge in [-0.3, -0.25) is 4.79 Å². The van der Waals surface area contributed by atoms with Crippen LogP contribution in [-0.4, -0.2) is 48.9 Å². The van der Waals surface area contributed by atoms with E-state index in [2.05, 4.69) is 19.0 Å². The second-order valence-electron chi connectivity index (χ2n) is 7.62. The Labute approximate surface area is 165 Å². The van der Waals surface area contributed by atoms with Crippen molar-refractivity contribution >= 4 is 16.9 Å². The Morgan fingerprint density at radius 1 is 1.21 bits per heavy atom. The van der Waals surface area contributed by atoms with Crippen LogP contribution in [0.3, 0.4) is 0 Å². The number of carbonyl (C=O) groups excluding carboxylic acids is 1. The molecule has 0 N–H and O–H groups in total. The molecule has 1 amide bonds. The fraction of sp³-hybridized carbons (Fsp3) is 0.348. The molecule has 5 nitrogen and oxygen atoms in total. The number of furan rings is 1. The van der Waals surface area contributed by atoms with Crippen LogP contribution in [0.1, 0.15) is 28.1 Å². The van der Waals surface area contributed by atoms with Crippen molar-refractivity contribution in [2.75, 3.05) is 27.2 Å². The third-order valence-corrected chi connectivity index (χ3v) is 5.48. The molecule has 2 heterocycles. The minimum atomic E-state index is 0.0424. The normalized spacial score (nSPS) is 16.9. The van der Waals surface area contributed by atoms with E-state index in [4.69, 9.17) is 9.15 Å². The summed E-state index contributed by atoms with van der Waals surface area (Å²) >= 11 is 0. The van der Waals surface area contributed by atoms with E-state index in [1.807, 2.05) is 60.4 Å². The van der Waals surface area contributed by atoms with E-state index in [0.717, 1.165) is 41.8 Å². The fourth-order valence-electron chi connectivity index (χ4n) is 3.80. The Hall–Kier alpha value is -2.79. The molecule has 1 fully saturated rings. The zero-order chi connectivity index (χ0) is 19.7. The summed E-state index contributed by atoms with van der Waals surface area (Å²) in [6.07, 6.45) is 0.999. The number of ether oxygens (including phenoxy) is 1. The van der Waals surface area contributed by atoms with Crippen molar-refractivity contribution in [3.63, 3.8) is 0 Å². The van der Waals surface area contributed by atoms with E-state index < -0.39 is 0 Å². The highest BCUT2D eigenvalue weighted by Crippen LogP contribution is 2.31. The number of carbonyl (C=O) groups is 1. The Bertz CT molecular complexity index is 978. The molecule has 28 heavy (non-hydrogen) atoms. The van der Waals surface area contributed by atoms with Crippen LogP contribution >= 0.6 is 0 Å². The molecule has 0 unspecified atom stereocenters. The zero-order valence-corrected chi connectivity index (χ0v) is 16.6. The SMILES string of the molecule is Cc1oc2ccc(OCc3ccccc3)cc2c1C(=O)N1CC[C@@H](N(C)C)C1. The van der Waals surface area contributed by atoms with E-state index in [9.17, 15) is 4.79 Å². The standard InChI is InChI=1S/C23H26N2O3/c1-16-22(23(26)25-12-11-18(14-25)24(2)3)20-13-19(9-10-21(20)28-16)27-15-17-7-5-4-6-8-17/h4-10,13,18H,11-12,14-15H2,1-3H3/t18-/m1/s1. The largest absolute Gasteiger partial charge is 0.489 e. The van der Waals surface area contributed by atoms with Gasteiger partial charge in [0.25, 0.3) is 5.91 Å². The van der Waals surface area contributed by atoms with Crippen molar-refractivity contribution in [1.82, 2.24) is 9.80 Å². The number of nitrogens with zero attached hydrogens (tertiary/aromatic N) is 2. The molecule has 3 aromatic rings. The molecule has 146 valence electrons. The van der Waals surface area contributed by atoms with Crippen LogP contribution in [0, 0.1) is 6.92 Å². The summed E-state index contributed by atoms with van der Waals surface area (Å²) in [7, 11) is 4.13. The van der Waals surface area contributed by atoms with Crippen molar-refractivity contribution in [1.29, 1.82) is 0 Å². The van der Waals surface area contributed by atoms with Gasteiger partial charge in [0.15, 0.2) is 0 Å². The number of fused-ring (bicyclic) bond motifs is 1. The molecule has 2 aromatic carbocycles. The molecule has 0 bridgehead atoms. The van der Waals surface area contributed by atoms with Gasteiger partial charge in [0, 0.05) is 24.5 Å². The maximum Gasteiger partial charge on any atom is 0.258 e. The summed E-state index contributed by atoms with van der Waals surface area (Å²) in [5.74, 6) is 1.44. The molecular formula is C23H26N2O3. The Kier molecular flexibility index (Phi) is 5.09. The molecular weight excluding hydrogens is 352 g/mol. The van der Waals surface area contributed by atoms with Gasteiger partial charge in [-0.15, -0.1) is 0 Å². The first-order valence-corrected chi connectivity index (χ1v) is 9.68. The van der Waals surface area contributed by atoms with Crippen molar-refractivity contribution in [2.45, 2.75) is 26.0 Å². The molecule has 5 heteroatoms. The summed E-state index contributed by atoms with van der Waals surface area (Å²) in [6.45, 7) is 3.88. The fourth-order valence-corrected chi connectivity index (χ4v) is 3.80. The average Bonchev–Trinajstić information content (AvgIpc) is 3.31. The topological polar surface area (TPSA) is 45.9 Å². The lowest BCUT2D eigenvalue weighted by Crippen LogP contribution is -2.34. The number of rotatable bonds is 5. The maximum absolute atomic E-state index is 13.2. The van der Waals surface area contributed by atoms with Gasteiger partial charge in [0.1, 0.15) is 23.7 Å². The number of amides is 1. The highest BCUT2D eigenvalue weighted by Gasteiger charge is 2.31. The summed E-state index contributed by atoms with van der Waals surface area (Å²) < 4.78 is 11.8. The summed E-state index contributed by atoms with van der Waals surface area (Å²) in [5.41, 5.74) is 2.48. The van der Waals surface area contributed by atoms with E-state index in [1.54, 1.807) is 0 Å². The molecule has 4 rings (SSSR count). The molecule has 0 spiro atoms. The third-order valence-electron chi connectivity index (χ3n) is 5.48. The van der Waals surface area contributed by atoms with Gasteiger partial charge < -0.3 is 19.0 Å². The molecule has 1 aromatic heterocycles. The smallest absolute Gasteiger partial charge is 0.258 e. The summed E-state index contributed by atoms with van der Waals surface area (Å²) in [6, 6.07) is 16.1. The number of aryl methyl sites for hydroxylation is 1. The number of hydrogen-bond donors (Lipinski definition) is 0. The van der Waals surface area contributed by atoms with E-state index >= 15 is 0 Å². The summed E-state index contributed by atoms with van der Waals surface area (Å²) in [5, 5.41) is 0.821. The van der Waals surface area contributed by atoms with Crippen molar-refractivity contribution in [3.8, 4) is 5.75 Å².